The van der Waals surface area contributed by atoms with Crippen LogP contribution in [0, 0.1) is 0 Å². The molecule has 0 saturated carbocycles. The van der Waals surface area contributed by atoms with Gasteiger partial charge in [0.05, 0.1) is 18.0 Å². The number of aromatic nitrogens is 2. The Balaban J connectivity index is 1.77. The van der Waals surface area contributed by atoms with Crippen LogP contribution in [-0.4, -0.2) is 25.7 Å². The van der Waals surface area contributed by atoms with E-state index in [4.69, 9.17) is 9.26 Å². The Morgan fingerprint density at radius 2 is 1.76 bits per heavy atom. The molecule has 8 heteroatoms. The topological polar surface area (TPSA) is 94.3 Å². The molecule has 0 bridgehead atoms. The highest BCUT2D eigenvalue weighted by atomic mass is 32.2. The zero-order valence-electron chi connectivity index (χ0n) is 13.7. The van der Waals surface area contributed by atoms with Crippen LogP contribution in [0.4, 0.5) is 0 Å². The standard InChI is InChI=1S/C17H17N3O4S/c1-12(17-18-16(19-24-17)13-6-4-3-5-7-13)20-25(21,22)15-10-8-14(23-2)9-11-15/h3-12,20H,1-2H3/t12-/m1/s1. The zero-order chi connectivity index (χ0) is 17.9. The van der Waals surface area contributed by atoms with E-state index in [1.165, 1.54) is 19.2 Å². The molecular formula is C17H17N3O4S. The van der Waals surface area contributed by atoms with E-state index in [-0.39, 0.29) is 10.8 Å². The summed E-state index contributed by atoms with van der Waals surface area (Å²) >= 11 is 0. The van der Waals surface area contributed by atoms with Crippen molar-refractivity contribution in [2.45, 2.75) is 17.9 Å². The van der Waals surface area contributed by atoms with Gasteiger partial charge in [0.25, 0.3) is 0 Å². The summed E-state index contributed by atoms with van der Waals surface area (Å²) in [6.07, 6.45) is 0. The minimum atomic E-state index is -3.72. The van der Waals surface area contributed by atoms with E-state index in [0.717, 1.165) is 5.56 Å². The van der Waals surface area contributed by atoms with Crippen LogP contribution in [0.3, 0.4) is 0 Å². The molecule has 1 aromatic heterocycles. The van der Waals surface area contributed by atoms with Crippen molar-refractivity contribution in [1.29, 1.82) is 0 Å². The molecule has 0 saturated heterocycles. The SMILES string of the molecule is COc1ccc(S(=O)(=O)N[C@H](C)c2nc(-c3ccccc3)no2)cc1. The smallest absolute Gasteiger partial charge is 0.244 e. The number of sulfonamides is 1. The molecule has 0 fully saturated rings. The van der Waals surface area contributed by atoms with Crippen molar-refractivity contribution >= 4 is 10.0 Å². The van der Waals surface area contributed by atoms with E-state index < -0.39 is 16.1 Å². The molecule has 1 heterocycles. The maximum atomic E-state index is 12.5. The molecule has 25 heavy (non-hydrogen) atoms. The minimum absolute atomic E-state index is 0.128. The maximum absolute atomic E-state index is 12.5. The van der Waals surface area contributed by atoms with Crippen LogP contribution < -0.4 is 9.46 Å². The molecule has 1 atom stereocenters. The molecule has 0 aliphatic rings. The Kier molecular flexibility index (Phi) is 4.82. The predicted octanol–water partition coefficient (Wildman–Crippen LogP) is 2.78. The molecule has 2 aromatic carbocycles. The normalized spacial score (nSPS) is 12.7. The molecule has 0 spiro atoms. The number of hydrogen-bond acceptors (Lipinski definition) is 6. The summed E-state index contributed by atoms with van der Waals surface area (Å²) in [6.45, 7) is 1.64. The quantitative estimate of drug-likeness (QED) is 0.727. The second-order valence-electron chi connectivity index (χ2n) is 5.34. The average molecular weight is 359 g/mol. The molecule has 3 rings (SSSR count). The number of nitrogens with one attached hydrogen (secondary N) is 1. The number of methoxy groups -OCH3 is 1. The van der Waals surface area contributed by atoms with E-state index in [2.05, 4.69) is 14.9 Å². The summed E-state index contributed by atoms with van der Waals surface area (Å²) < 4.78 is 37.6. The molecule has 0 aliphatic heterocycles. The Bertz CT molecular complexity index is 938. The first-order valence-electron chi connectivity index (χ1n) is 7.55. The third kappa shape index (κ3) is 3.86. The van der Waals surface area contributed by atoms with E-state index in [9.17, 15) is 8.42 Å². The number of rotatable bonds is 6. The van der Waals surface area contributed by atoms with Crippen molar-refractivity contribution in [3.05, 3.63) is 60.5 Å². The Hall–Kier alpha value is -2.71. The Labute approximate surface area is 145 Å². The Morgan fingerprint density at radius 3 is 2.40 bits per heavy atom. The molecule has 0 unspecified atom stereocenters. The summed E-state index contributed by atoms with van der Waals surface area (Å²) in [7, 11) is -2.20. The van der Waals surface area contributed by atoms with Crippen LogP contribution in [0.5, 0.6) is 5.75 Å². The van der Waals surface area contributed by atoms with Gasteiger partial charge in [-0.1, -0.05) is 35.5 Å². The molecule has 0 aliphatic carbocycles. The third-order valence-electron chi connectivity index (χ3n) is 3.55. The highest BCUT2D eigenvalue weighted by molar-refractivity contribution is 7.89. The van der Waals surface area contributed by atoms with E-state index in [1.54, 1.807) is 19.1 Å². The van der Waals surface area contributed by atoms with Gasteiger partial charge in [0.15, 0.2) is 0 Å². The first-order valence-corrected chi connectivity index (χ1v) is 9.03. The van der Waals surface area contributed by atoms with Crippen molar-refractivity contribution in [1.82, 2.24) is 14.9 Å². The highest BCUT2D eigenvalue weighted by Crippen LogP contribution is 2.21. The Morgan fingerprint density at radius 1 is 1.08 bits per heavy atom. The van der Waals surface area contributed by atoms with Gasteiger partial charge >= 0.3 is 0 Å². The van der Waals surface area contributed by atoms with Crippen LogP contribution in [-0.2, 0) is 10.0 Å². The molecule has 0 radical (unpaired) electrons. The number of ether oxygens (including phenoxy) is 1. The second-order valence-corrected chi connectivity index (χ2v) is 7.05. The van der Waals surface area contributed by atoms with Crippen molar-refractivity contribution in [3.63, 3.8) is 0 Å². The lowest BCUT2D eigenvalue weighted by Crippen LogP contribution is -2.27. The monoisotopic (exact) mass is 359 g/mol. The zero-order valence-corrected chi connectivity index (χ0v) is 14.5. The van der Waals surface area contributed by atoms with Gasteiger partial charge in [-0.3, -0.25) is 0 Å². The molecule has 7 nitrogen and oxygen atoms in total. The average Bonchev–Trinajstić information content (AvgIpc) is 3.12. The van der Waals surface area contributed by atoms with Gasteiger partial charge in [0.1, 0.15) is 5.75 Å². The summed E-state index contributed by atoms with van der Waals surface area (Å²) in [6, 6.07) is 14.7. The summed E-state index contributed by atoms with van der Waals surface area (Å²) in [5.74, 6) is 1.18. The van der Waals surface area contributed by atoms with Crippen molar-refractivity contribution in [3.8, 4) is 17.1 Å². The first-order chi connectivity index (χ1) is 12.0. The fraction of sp³-hybridized carbons (Fsp3) is 0.176. The predicted molar refractivity (Wildman–Crippen MR) is 91.5 cm³/mol. The first kappa shape index (κ1) is 17.1. The van der Waals surface area contributed by atoms with Gasteiger partial charge in [0, 0.05) is 5.56 Å². The lowest BCUT2D eigenvalue weighted by atomic mass is 10.2. The van der Waals surface area contributed by atoms with E-state index in [1.807, 2.05) is 30.3 Å². The fourth-order valence-corrected chi connectivity index (χ4v) is 3.42. The summed E-state index contributed by atoms with van der Waals surface area (Å²) in [5, 5.41) is 3.90. The molecular weight excluding hydrogens is 342 g/mol. The highest BCUT2D eigenvalue weighted by Gasteiger charge is 2.22. The lowest BCUT2D eigenvalue weighted by Gasteiger charge is -2.11. The summed E-state index contributed by atoms with van der Waals surface area (Å²) in [5.41, 5.74) is 0.794. The van der Waals surface area contributed by atoms with Gasteiger partial charge < -0.3 is 9.26 Å². The van der Waals surface area contributed by atoms with Crippen molar-refractivity contribution < 1.29 is 17.7 Å². The van der Waals surface area contributed by atoms with Gasteiger partial charge in [-0.25, -0.2) is 8.42 Å². The van der Waals surface area contributed by atoms with Gasteiger partial charge in [-0.05, 0) is 31.2 Å². The van der Waals surface area contributed by atoms with Crippen LogP contribution in [0.25, 0.3) is 11.4 Å². The molecule has 130 valence electrons. The largest absolute Gasteiger partial charge is 0.497 e. The number of nitrogens with zero attached hydrogens (tertiary/aromatic N) is 2. The molecule has 3 aromatic rings. The van der Waals surface area contributed by atoms with Gasteiger partial charge in [-0.15, -0.1) is 0 Å². The van der Waals surface area contributed by atoms with Crippen LogP contribution >= 0.6 is 0 Å². The number of benzene rings is 2. The van der Waals surface area contributed by atoms with Crippen LogP contribution in [0.1, 0.15) is 18.9 Å². The third-order valence-corrected chi connectivity index (χ3v) is 5.10. The molecule has 0 amide bonds. The van der Waals surface area contributed by atoms with Crippen molar-refractivity contribution in [2.75, 3.05) is 7.11 Å². The van der Waals surface area contributed by atoms with E-state index in [0.29, 0.717) is 11.6 Å². The van der Waals surface area contributed by atoms with Gasteiger partial charge in [0.2, 0.25) is 21.7 Å². The fourth-order valence-electron chi connectivity index (χ4n) is 2.22. The maximum Gasteiger partial charge on any atom is 0.244 e. The number of hydrogen-bond donors (Lipinski definition) is 1. The van der Waals surface area contributed by atoms with Gasteiger partial charge in [-0.2, -0.15) is 9.71 Å². The van der Waals surface area contributed by atoms with E-state index >= 15 is 0 Å². The van der Waals surface area contributed by atoms with Crippen LogP contribution in [0.2, 0.25) is 0 Å². The second kappa shape index (κ2) is 7.04. The minimum Gasteiger partial charge on any atom is -0.497 e. The van der Waals surface area contributed by atoms with Crippen molar-refractivity contribution in [2.24, 2.45) is 0 Å². The lowest BCUT2D eigenvalue weighted by molar-refractivity contribution is 0.354. The van der Waals surface area contributed by atoms with Crippen LogP contribution in [0.15, 0.2) is 64.0 Å². The molecule has 1 N–H and O–H groups in total. The summed E-state index contributed by atoms with van der Waals surface area (Å²) in [4.78, 5) is 4.39.